The van der Waals surface area contributed by atoms with Crippen LogP contribution in [0.15, 0.2) is 18.2 Å². The number of piperazine rings is 1. The maximum absolute atomic E-state index is 14.4. The Labute approximate surface area is 248 Å². The van der Waals surface area contributed by atoms with Crippen LogP contribution in [0.4, 0.5) is 5.69 Å². The summed E-state index contributed by atoms with van der Waals surface area (Å²) in [4.78, 5) is 47.5. The number of rotatable bonds is 5. The normalized spacial score (nSPS) is 38.9. The van der Waals surface area contributed by atoms with Gasteiger partial charge in [-0.15, -0.1) is 0 Å². The van der Waals surface area contributed by atoms with Crippen molar-refractivity contribution < 1.29 is 24.2 Å². The number of hydrogen-bond donors (Lipinski definition) is 3. The molecule has 0 radical (unpaired) electrons. The molecule has 8 atom stereocenters. The Balaban J connectivity index is 1.19. The van der Waals surface area contributed by atoms with E-state index < -0.39 is 35.5 Å². The summed E-state index contributed by atoms with van der Waals surface area (Å²) >= 11 is 0. The van der Waals surface area contributed by atoms with Gasteiger partial charge < -0.3 is 25.5 Å². The first-order valence-corrected chi connectivity index (χ1v) is 15.9. The molecule has 4 fully saturated rings. The van der Waals surface area contributed by atoms with Crippen LogP contribution in [0, 0.1) is 17.8 Å². The number of fused-ring (bicyclic) bond motifs is 5. The van der Waals surface area contributed by atoms with Crippen LogP contribution in [-0.4, -0.2) is 94.0 Å². The number of aliphatic hydroxyl groups is 1. The minimum absolute atomic E-state index is 0.120. The summed E-state index contributed by atoms with van der Waals surface area (Å²) in [6.07, 6.45) is 3.43. The molecule has 7 unspecified atom stereocenters. The van der Waals surface area contributed by atoms with Crippen molar-refractivity contribution in [3.8, 4) is 0 Å². The van der Waals surface area contributed by atoms with Gasteiger partial charge in [-0.05, 0) is 62.3 Å². The lowest BCUT2D eigenvalue weighted by Gasteiger charge is -2.49. The topological polar surface area (TPSA) is 114 Å². The first-order chi connectivity index (χ1) is 20.0. The van der Waals surface area contributed by atoms with E-state index in [-0.39, 0.29) is 29.6 Å². The number of amides is 3. The van der Waals surface area contributed by atoms with Crippen molar-refractivity contribution in [3.05, 3.63) is 29.3 Å². The minimum Gasteiger partial charge on any atom is -0.384 e. The third kappa shape index (κ3) is 3.83. The third-order valence-electron chi connectivity index (χ3n) is 11.0. The highest BCUT2D eigenvalue weighted by Gasteiger charge is 2.72. The van der Waals surface area contributed by atoms with Crippen LogP contribution in [0.5, 0.6) is 0 Å². The predicted octanol–water partition coefficient (Wildman–Crippen LogP) is 2.40. The molecular formula is C32H45N5O5. The third-order valence-corrected chi connectivity index (χ3v) is 11.0. The average Bonchev–Trinajstić information content (AvgIpc) is 3.65. The summed E-state index contributed by atoms with van der Waals surface area (Å²) in [5.74, 6) is -2.88. The highest BCUT2D eigenvalue weighted by Crippen LogP contribution is 2.52. The molecule has 10 nitrogen and oxygen atoms in total. The summed E-state index contributed by atoms with van der Waals surface area (Å²) in [5.41, 5.74) is 2.19. The van der Waals surface area contributed by atoms with E-state index >= 15 is 0 Å². The predicted molar refractivity (Wildman–Crippen MR) is 156 cm³/mol. The molecular weight excluding hydrogens is 534 g/mol. The van der Waals surface area contributed by atoms with E-state index in [9.17, 15) is 19.5 Å². The van der Waals surface area contributed by atoms with Gasteiger partial charge in [-0.1, -0.05) is 39.8 Å². The number of likely N-dealkylation sites (tertiary alicyclic amines) is 1. The maximum atomic E-state index is 14.4. The molecule has 5 aliphatic heterocycles. The summed E-state index contributed by atoms with van der Waals surface area (Å²) < 4.78 is 6.46. The molecule has 1 aromatic carbocycles. The highest BCUT2D eigenvalue weighted by molar-refractivity contribution is 5.97. The van der Waals surface area contributed by atoms with Gasteiger partial charge in [0.1, 0.15) is 12.1 Å². The van der Waals surface area contributed by atoms with E-state index in [1.165, 1.54) is 21.7 Å². The van der Waals surface area contributed by atoms with Crippen LogP contribution in [0.2, 0.25) is 0 Å². The zero-order valence-corrected chi connectivity index (χ0v) is 25.4. The molecule has 42 heavy (non-hydrogen) atoms. The van der Waals surface area contributed by atoms with Gasteiger partial charge >= 0.3 is 0 Å². The van der Waals surface area contributed by atoms with Gasteiger partial charge in [-0.3, -0.25) is 24.0 Å². The smallest absolute Gasteiger partial charge is 0.281 e. The Kier molecular flexibility index (Phi) is 6.46. The van der Waals surface area contributed by atoms with E-state index in [0.717, 1.165) is 19.4 Å². The second-order valence-corrected chi connectivity index (χ2v) is 14.3. The van der Waals surface area contributed by atoms with Crippen molar-refractivity contribution >= 4 is 23.4 Å². The van der Waals surface area contributed by atoms with Gasteiger partial charge in [0.25, 0.3) is 11.8 Å². The fourth-order valence-electron chi connectivity index (χ4n) is 9.04. The number of nitrogens with zero attached hydrogens (tertiary/aromatic N) is 3. The second kappa shape index (κ2) is 9.66. The number of carbonyl (C=O) groups is 3. The number of anilines is 1. The second-order valence-electron chi connectivity index (χ2n) is 14.3. The van der Waals surface area contributed by atoms with Crippen LogP contribution in [0.25, 0.3) is 0 Å². The number of likely N-dealkylation sites (N-methyl/N-ethyl adjacent to an activating group) is 1. The van der Waals surface area contributed by atoms with Crippen molar-refractivity contribution in [2.24, 2.45) is 17.8 Å². The van der Waals surface area contributed by atoms with Gasteiger partial charge in [0.2, 0.25) is 17.5 Å². The molecule has 0 aromatic heterocycles. The first-order valence-electron chi connectivity index (χ1n) is 15.9. The van der Waals surface area contributed by atoms with Crippen LogP contribution < -0.4 is 10.6 Å². The number of ether oxygens (including phenoxy) is 1. The Morgan fingerprint density at radius 2 is 2.00 bits per heavy atom. The number of piperidine rings is 1. The number of hydrogen-bond acceptors (Lipinski definition) is 7. The van der Waals surface area contributed by atoms with Gasteiger partial charge in [0, 0.05) is 49.1 Å². The van der Waals surface area contributed by atoms with E-state index in [2.05, 4.69) is 40.8 Å². The number of carbonyl (C=O) groups excluding carboxylic acids is 3. The van der Waals surface area contributed by atoms with Crippen molar-refractivity contribution in [2.75, 3.05) is 32.0 Å². The summed E-state index contributed by atoms with van der Waals surface area (Å²) in [6.45, 7) is 9.74. The molecule has 0 spiro atoms. The molecule has 3 N–H and O–H groups in total. The molecule has 4 saturated heterocycles. The Hall–Kier alpha value is -2.69. The molecule has 0 saturated carbocycles. The largest absolute Gasteiger partial charge is 0.384 e. The molecule has 6 aliphatic rings. The summed E-state index contributed by atoms with van der Waals surface area (Å²) in [6, 6.07) is 5.34. The molecule has 1 aromatic rings. The zero-order valence-electron chi connectivity index (χ0n) is 25.4. The lowest BCUT2D eigenvalue weighted by molar-refractivity contribution is -0.322. The molecule has 1 aliphatic carbocycles. The van der Waals surface area contributed by atoms with Crippen LogP contribution in [0.1, 0.15) is 82.8 Å². The molecule has 3 amide bonds. The van der Waals surface area contributed by atoms with Crippen LogP contribution in [0.3, 0.4) is 0 Å². The first kappa shape index (κ1) is 28.1. The fourth-order valence-corrected chi connectivity index (χ4v) is 9.04. The summed E-state index contributed by atoms with van der Waals surface area (Å²) in [7, 11) is 2.10. The van der Waals surface area contributed by atoms with Crippen molar-refractivity contribution in [1.29, 1.82) is 0 Å². The van der Waals surface area contributed by atoms with E-state index in [1.807, 2.05) is 27.7 Å². The van der Waals surface area contributed by atoms with Gasteiger partial charge in [0.15, 0.2) is 0 Å². The van der Waals surface area contributed by atoms with Crippen molar-refractivity contribution in [3.63, 3.8) is 0 Å². The van der Waals surface area contributed by atoms with E-state index in [0.29, 0.717) is 44.3 Å². The molecule has 7 rings (SSSR count). The zero-order chi connectivity index (χ0) is 29.7. The van der Waals surface area contributed by atoms with Crippen molar-refractivity contribution in [2.45, 2.75) is 101 Å². The lowest BCUT2D eigenvalue weighted by atomic mass is 9.68. The molecule has 0 bridgehead atoms. The van der Waals surface area contributed by atoms with Gasteiger partial charge in [-0.25, -0.2) is 0 Å². The Morgan fingerprint density at radius 3 is 2.74 bits per heavy atom. The van der Waals surface area contributed by atoms with Crippen LogP contribution >= 0.6 is 0 Å². The standard InChI is InChI=1S/C32H45N5O5/c1-17(2)12-25-29(39)36-11-7-10-26(36)32(41)37(25)30(40)31(42-32,18(3)4)34-28(38)20-13-22-21-8-6-9-23-27(21)19(15-33-23)14-24(22)35(5)16-20/h6,8-9,17-20,22,24-26,33,41H,7,10-16H2,1-5H3,(H,34,38)/t19?,20?,22?,24?,25-,26?,31?,32?/m0/s1. The van der Waals surface area contributed by atoms with E-state index in [1.54, 1.807) is 4.90 Å². The molecule has 10 heteroatoms. The summed E-state index contributed by atoms with van der Waals surface area (Å²) in [5, 5.41) is 18.8. The minimum atomic E-state index is -1.98. The fraction of sp³-hybridized carbons (Fsp3) is 0.719. The van der Waals surface area contributed by atoms with Crippen molar-refractivity contribution in [1.82, 2.24) is 20.0 Å². The van der Waals surface area contributed by atoms with Gasteiger partial charge in [0.05, 0.1) is 5.92 Å². The highest BCUT2D eigenvalue weighted by atomic mass is 16.7. The van der Waals surface area contributed by atoms with E-state index in [4.69, 9.17) is 4.74 Å². The van der Waals surface area contributed by atoms with Crippen LogP contribution in [-0.2, 0) is 19.1 Å². The average molecular weight is 580 g/mol. The lowest BCUT2D eigenvalue weighted by Crippen LogP contribution is -2.71. The Bertz CT molecular complexity index is 1320. The quantitative estimate of drug-likeness (QED) is 0.491. The monoisotopic (exact) mass is 579 g/mol. The maximum Gasteiger partial charge on any atom is 0.281 e. The molecule has 228 valence electrons. The van der Waals surface area contributed by atoms with Gasteiger partial charge in [-0.2, -0.15) is 0 Å². The Morgan fingerprint density at radius 1 is 1.21 bits per heavy atom. The SMILES string of the molecule is CC(C)C[C@H]1C(=O)N2CCCC2C2(O)OC(NC(=O)C3CC4c5cccc6c5C(CN6)CC4N(C)C3)(C(C)C)C(=O)N12. The number of nitrogens with one attached hydrogen (secondary N) is 2. The number of benzene rings is 1. The molecule has 5 heterocycles.